The normalized spacial score (nSPS) is 10.6. The Bertz CT molecular complexity index is 415. The summed E-state index contributed by atoms with van der Waals surface area (Å²) in [5, 5.41) is 8.71. The van der Waals surface area contributed by atoms with Gasteiger partial charge in [0.05, 0.1) is 7.11 Å². The van der Waals surface area contributed by atoms with Gasteiger partial charge in [0.2, 0.25) is 0 Å². The van der Waals surface area contributed by atoms with Gasteiger partial charge in [-0.2, -0.15) is 5.26 Å². The van der Waals surface area contributed by atoms with Crippen molar-refractivity contribution in [2.24, 2.45) is 0 Å². The zero-order valence-corrected chi connectivity index (χ0v) is 9.14. The molecule has 0 heterocycles. The molecule has 1 aromatic rings. The zero-order valence-electron chi connectivity index (χ0n) is 9.14. The van der Waals surface area contributed by atoms with Crippen molar-refractivity contribution in [2.45, 2.75) is 12.8 Å². The fraction of sp³-hybridized carbons (Fsp3) is 0.231. The van der Waals surface area contributed by atoms with Gasteiger partial charge in [-0.25, -0.2) is 4.79 Å². The maximum absolute atomic E-state index is 11.1. The van der Waals surface area contributed by atoms with Gasteiger partial charge in [-0.05, 0) is 18.4 Å². The van der Waals surface area contributed by atoms with Crippen LogP contribution in [0.3, 0.4) is 0 Å². The highest BCUT2D eigenvalue weighted by atomic mass is 16.5. The molecule has 0 spiro atoms. The standard InChI is InChI=1S/C13H13NO2/c1-16-13(15)12(10-14)9-5-8-11-6-3-2-4-7-11/h2-4,6-7,9H,5,8H2,1H3. The third-order valence-electron chi connectivity index (χ3n) is 2.15. The molecule has 3 heteroatoms. The fourth-order valence-corrected chi connectivity index (χ4v) is 1.31. The minimum absolute atomic E-state index is 0.0680. The molecule has 82 valence electrons. The van der Waals surface area contributed by atoms with Crippen LogP contribution in [-0.2, 0) is 16.0 Å². The maximum atomic E-state index is 11.1. The number of rotatable bonds is 4. The molecule has 0 saturated heterocycles. The topological polar surface area (TPSA) is 50.1 Å². The van der Waals surface area contributed by atoms with Gasteiger partial charge >= 0.3 is 5.97 Å². The van der Waals surface area contributed by atoms with Crippen molar-refractivity contribution >= 4 is 5.97 Å². The SMILES string of the molecule is COC(=O)C(C#N)=CCCc1ccccc1. The molecule has 0 aliphatic carbocycles. The smallest absolute Gasteiger partial charge is 0.348 e. The molecule has 0 aromatic heterocycles. The van der Waals surface area contributed by atoms with Crippen LogP contribution in [0.15, 0.2) is 42.0 Å². The zero-order chi connectivity index (χ0) is 11.8. The second-order valence-electron chi connectivity index (χ2n) is 3.25. The van der Waals surface area contributed by atoms with Crippen molar-refractivity contribution in [1.29, 1.82) is 5.26 Å². The highest BCUT2D eigenvalue weighted by molar-refractivity contribution is 5.92. The quantitative estimate of drug-likeness (QED) is 0.439. The number of allylic oxidation sites excluding steroid dienone is 1. The van der Waals surface area contributed by atoms with E-state index in [1.807, 2.05) is 36.4 Å². The number of benzene rings is 1. The Labute approximate surface area is 95.0 Å². The highest BCUT2D eigenvalue weighted by Gasteiger charge is 2.06. The lowest BCUT2D eigenvalue weighted by Crippen LogP contribution is -2.02. The molecule has 1 rings (SSSR count). The third-order valence-corrected chi connectivity index (χ3v) is 2.15. The van der Waals surface area contributed by atoms with Crippen LogP contribution in [0.2, 0.25) is 0 Å². The summed E-state index contributed by atoms with van der Waals surface area (Å²) in [5.41, 5.74) is 1.25. The number of hydrogen-bond donors (Lipinski definition) is 0. The lowest BCUT2D eigenvalue weighted by molar-refractivity contribution is -0.135. The minimum atomic E-state index is -0.574. The Kier molecular flexibility index (Phi) is 4.81. The summed E-state index contributed by atoms with van der Waals surface area (Å²) in [4.78, 5) is 11.1. The van der Waals surface area contributed by atoms with E-state index >= 15 is 0 Å². The van der Waals surface area contributed by atoms with Crippen LogP contribution in [0.4, 0.5) is 0 Å². The van der Waals surface area contributed by atoms with E-state index in [0.29, 0.717) is 6.42 Å². The number of nitrogens with zero attached hydrogens (tertiary/aromatic N) is 1. The summed E-state index contributed by atoms with van der Waals surface area (Å²) in [5.74, 6) is -0.574. The van der Waals surface area contributed by atoms with Gasteiger partial charge in [-0.3, -0.25) is 0 Å². The monoisotopic (exact) mass is 215 g/mol. The number of carbonyl (C=O) groups excluding carboxylic acids is 1. The van der Waals surface area contributed by atoms with Gasteiger partial charge in [-0.1, -0.05) is 36.4 Å². The van der Waals surface area contributed by atoms with E-state index in [1.54, 1.807) is 6.08 Å². The predicted octanol–water partition coefficient (Wildman–Crippen LogP) is 2.24. The van der Waals surface area contributed by atoms with Crippen molar-refractivity contribution in [3.05, 3.63) is 47.5 Å². The molecule has 0 radical (unpaired) electrons. The van der Waals surface area contributed by atoms with Crippen LogP contribution in [0.25, 0.3) is 0 Å². The summed E-state index contributed by atoms with van der Waals surface area (Å²) in [7, 11) is 1.27. The van der Waals surface area contributed by atoms with Gasteiger partial charge in [0.1, 0.15) is 11.6 Å². The number of carbonyl (C=O) groups is 1. The van der Waals surface area contributed by atoms with Crippen LogP contribution in [0, 0.1) is 11.3 Å². The lowest BCUT2D eigenvalue weighted by atomic mass is 10.1. The summed E-state index contributed by atoms with van der Waals surface area (Å²) < 4.78 is 4.48. The van der Waals surface area contributed by atoms with Gasteiger partial charge < -0.3 is 4.74 Å². The molecule has 0 atom stereocenters. The second-order valence-corrected chi connectivity index (χ2v) is 3.25. The summed E-state index contributed by atoms with van der Waals surface area (Å²) in [6.07, 6.45) is 3.07. The van der Waals surface area contributed by atoms with Crippen molar-refractivity contribution in [3.8, 4) is 6.07 Å². The summed E-state index contributed by atoms with van der Waals surface area (Å²) >= 11 is 0. The van der Waals surface area contributed by atoms with E-state index < -0.39 is 5.97 Å². The van der Waals surface area contributed by atoms with Gasteiger partial charge in [0.15, 0.2) is 0 Å². The molecule has 0 amide bonds. The molecule has 0 aliphatic rings. The first kappa shape index (κ1) is 12.0. The Hall–Kier alpha value is -2.08. The van der Waals surface area contributed by atoms with Crippen LogP contribution in [-0.4, -0.2) is 13.1 Å². The van der Waals surface area contributed by atoms with Gasteiger partial charge in [-0.15, -0.1) is 0 Å². The summed E-state index contributed by atoms with van der Waals surface area (Å²) in [6, 6.07) is 11.7. The van der Waals surface area contributed by atoms with Crippen LogP contribution < -0.4 is 0 Å². The number of aryl methyl sites for hydroxylation is 1. The fourth-order valence-electron chi connectivity index (χ4n) is 1.31. The molecule has 0 bridgehead atoms. The molecular weight excluding hydrogens is 202 g/mol. The van der Waals surface area contributed by atoms with Crippen LogP contribution >= 0.6 is 0 Å². The minimum Gasteiger partial charge on any atom is -0.465 e. The average Bonchev–Trinajstić information content (AvgIpc) is 2.35. The first-order chi connectivity index (χ1) is 7.77. The predicted molar refractivity (Wildman–Crippen MR) is 60.5 cm³/mol. The van der Waals surface area contributed by atoms with E-state index in [-0.39, 0.29) is 5.57 Å². The molecule has 1 aromatic carbocycles. The van der Waals surface area contributed by atoms with Crippen molar-refractivity contribution < 1.29 is 9.53 Å². The number of hydrogen-bond acceptors (Lipinski definition) is 3. The average molecular weight is 215 g/mol. The molecule has 16 heavy (non-hydrogen) atoms. The Morgan fingerprint density at radius 3 is 2.69 bits per heavy atom. The molecular formula is C13H13NO2. The van der Waals surface area contributed by atoms with Crippen molar-refractivity contribution in [1.82, 2.24) is 0 Å². The van der Waals surface area contributed by atoms with E-state index in [0.717, 1.165) is 6.42 Å². The molecule has 0 fully saturated rings. The van der Waals surface area contributed by atoms with Crippen LogP contribution in [0.1, 0.15) is 12.0 Å². The van der Waals surface area contributed by atoms with E-state index in [4.69, 9.17) is 5.26 Å². The van der Waals surface area contributed by atoms with Crippen molar-refractivity contribution in [3.63, 3.8) is 0 Å². The number of ether oxygens (including phenoxy) is 1. The molecule has 0 aliphatic heterocycles. The molecule has 0 unspecified atom stereocenters. The highest BCUT2D eigenvalue weighted by Crippen LogP contribution is 2.05. The van der Waals surface area contributed by atoms with Gasteiger partial charge in [0, 0.05) is 0 Å². The molecule has 0 saturated carbocycles. The maximum Gasteiger partial charge on any atom is 0.348 e. The lowest BCUT2D eigenvalue weighted by Gasteiger charge is -1.98. The summed E-state index contributed by atoms with van der Waals surface area (Å²) in [6.45, 7) is 0. The van der Waals surface area contributed by atoms with E-state index in [1.165, 1.54) is 12.7 Å². The Morgan fingerprint density at radius 1 is 1.44 bits per heavy atom. The van der Waals surface area contributed by atoms with Gasteiger partial charge in [0.25, 0.3) is 0 Å². The largest absolute Gasteiger partial charge is 0.465 e. The molecule has 0 N–H and O–H groups in total. The number of esters is 1. The molecule has 3 nitrogen and oxygen atoms in total. The Morgan fingerprint density at radius 2 is 2.12 bits per heavy atom. The first-order valence-corrected chi connectivity index (χ1v) is 5.00. The first-order valence-electron chi connectivity index (χ1n) is 5.00. The van der Waals surface area contributed by atoms with Crippen molar-refractivity contribution in [2.75, 3.05) is 7.11 Å². The number of nitriles is 1. The van der Waals surface area contributed by atoms with E-state index in [2.05, 4.69) is 4.74 Å². The Balaban J connectivity index is 2.54. The third kappa shape index (κ3) is 3.58. The van der Waals surface area contributed by atoms with E-state index in [9.17, 15) is 4.79 Å². The second kappa shape index (κ2) is 6.41. The van der Waals surface area contributed by atoms with Crippen LogP contribution in [0.5, 0.6) is 0 Å². The number of methoxy groups -OCH3 is 1.